The van der Waals surface area contributed by atoms with Crippen LogP contribution in [-0.4, -0.2) is 50.6 Å². The summed E-state index contributed by atoms with van der Waals surface area (Å²) in [5, 5.41) is 8.66. The van der Waals surface area contributed by atoms with E-state index in [-0.39, 0.29) is 5.92 Å². The predicted molar refractivity (Wildman–Crippen MR) is 126 cm³/mol. The first-order chi connectivity index (χ1) is 15.7. The molecule has 1 aliphatic heterocycles. The van der Waals surface area contributed by atoms with Crippen LogP contribution < -0.4 is 10.1 Å². The van der Waals surface area contributed by atoms with Crippen LogP contribution in [0.2, 0.25) is 0 Å². The van der Waals surface area contributed by atoms with Gasteiger partial charge in [-0.15, -0.1) is 16.4 Å². The van der Waals surface area contributed by atoms with Gasteiger partial charge in [0.1, 0.15) is 28.2 Å². The van der Waals surface area contributed by atoms with Crippen molar-refractivity contribution in [1.82, 2.24) is 24.5 Å². The Morgan fingerprint density at radius 2 is 2.12 bits per heavy atom. The molecule has 4 aromatic rings. The van der Waals surface area contributed by atoms with E-state index in [4.69, 9.17) is 4.74 Å². The average Bonchev–Trinajstić information content (AvgIpc) is 3.56. The molecule has 4 heterocycles. The molecule has 1 N–H and O–H groups in total. The van der Waals surface area contributed by atoms with Gasteiger partial charge in [-0.25, -0.2) is 9.97 Å². The summed E-state index contributed by atoms with van der Waals surface area (Å²) >= 11 is 3.04. The highest BCUT2D eigenvalue weighted by Gasteiger charge is 2.32. The standard InChI is InChI=1S/C22H22N6O2S2/c1-30-16-9-15-18(32-27-26-15)10-14(16)25-20-19-13-5-4-12(22(29)28-6-2-3-7-28)8-17(13)31-21(19)24-11-23-20/h9-12H,2-8H2,1H3,(H,23,24,25)/t12-/m0/s1. The van der Waals surface area contributed by atoms with Gasteiger partial charge in [-0.2, -0.15) is 0 Å². The number of rotatable bonds is 4. The summed E-state index contributed by atoms with van der Waals surface area (Å²) in [6, 6.07) is 3.88. The van der Waals surface area contributed by atoms with Gasteiger partial charge in [0, 0.05) is 30.0 Å². The molecule has 6 rings (SSSR count). The zero-order valence-corrected chi connectivity index (χ0v) is 19.3. The topological polar surface area (TPSA) is 93.1 Å². The molecule has 164 valence electrons. The van der Waals surface area contributed by atoms with E-state index in [2.05, 4.69) is 24.9 Å². The largest absolute Gasteiger partial charge is 0.494 e. The highest BCUT2D eigenvalue weighted by Crippen LogP contribution is 2.42. The van der Waals surface area contributed by atoms with Crippen LogP contribution >= 0.6 is 22.9 Å². The summed E-state index contributed by atoms with van der Waals surface area (Å²) in [4.78, 5) is 26.3. The second-order valence-corrected chi connectivity index (χ2v) is 10.2. The molecule has 1 saturated heterocycles. The molecular formula is C22H22N6O2S2. The number of nitrogens with zero attached hydrogens (tertiary/aromatic N) is 5. The molecule has 1 atom stereocenters. The van der Waals surface area contributed by atoms with Gasteiger partial charge < -0.3 is 15.0 Å². The Morgan fingerprint density at radius 3 is 2.97 bits per heavy atom. The maximum Gasteiger partial charge on any atom is 0.226 e. The maximum atomic E-state index is 13.0. The van der Waals surface area contributed by atoms with Crippen LogP contribution in [0.25, 0.3) is 20.4 Å². The Labute approximate surface area is 192 Å². The van der Waals surface area contributed by atoms with Gasteiger partial charge in [-0.3, -0.25) is 4.79 Å². The van der Waals surface area contributed by atoms with E-state index in [1.165, 1.54) is 22.0 Å². The van der Waals surface area contributed by atoms with Crippen molar-refractivity contribution in [2.45, 2.75) is 32.1 Å². The van der Waals surface area contributed by atoms with E-state index in [1.54, 1.807) is 24.8 Å². The fraction of sp³-hybridized carbons (Fsp3) is 0.409. The molecule has 0 spiro atoms. The molecule has 10 heteroatoms. The lowest BCUT2D eigenvalue weighted by Crippen LogP contribution is -2.36. The molecule has 3 aromatic heterocycles. The van der Waals surface area contributed by atoms with Crippen molar-refractivity contribution < 1.29 is 9.53 Å². The Kier molecular flexibility index (Phi) is 4.91. The monoisotopic (exact) mass is 466 g/mol. The van der Waals surface area contributed by atoms with Gasteiger partial charge in [0.2, 0.25) is 5.91 Å². The number of ether oxygens (including phenoxy) is 1. The lowest BCUT2D eigenvalue weighted by Gasteiger charge is -2.26. The van der Waals surface area contributed by atoms with Crippen LogP contribution in [0.1, 0.15) is 29.7 Å². The highest BCUT2D eigenvalue weighted by atomic mass is 32.1. The summed E-state index contributed by atoms with van der Waals surface area (Å²) in [5.74, 6) is 1.87. The van der Waals surface area contributed by atoms with E-state index < -0.39 is 0 Å². The number of hydrogen-bond donors (Lipinski definition) is 1. The third kappa shape index (κ3) is 3.29. The second-order valence-electron chi connectivity index (χ2n) is 8.30. The molecule has 8 nitrogen and oxygen atoms in total. The normalized spacial score (nSPS) is 18.3. The first-order valence-electron chi connectivity index (χ1n) is 10.8. The number of anilines is 2. The number of thiophene rings is 1. The van der Waals surface area contributed by atoms with E-state index in [1.807, 2.05) is 17.0 Å². The third-order valence-corrected chi connectivity index (χ3v) is 8.28. The number of carbonyl (C=O) groups excluding carboxylic acids is 1. The average molecular weight is 467 g/mol. The first-order valence-corrected chi connectivity index (χ1v) is 12.4. The number of carbonyl (C=O) groups is 1. The van der Waals surface area contributed by atoms with Gasteiger partial charge in [0.15, 0.2) is 0 Å². The summed E-state index contributed by atoms with van der Waals surface area (Å²) in [6.45, 7) is 1.82. The van der Waals surface area contributed by atoms with Gasteiger partial charge in [0.25, 0.3) is 0 Å². The quantitative estimate of drug-likeness (QED) is 0.482. The number of amides is 1. The molecule has 2 aliphatic rings. The summed E-state index contributed by atoms with van der Waals surface area (Å²) in [7, 11) is 1.64. The van der Waals surface area contributed by atoms with Crippen molar-refractivity contribution in [1.29, 1.82) is 0 Å². The molecule has 0 radical (unpaired) electrons. The van der Waals surface area contributed by atoms with Crippen molar-refractivity contribution in [2.75, 3.05) is 25.5 Å². The van der Waals surface area contributed by atoms with Gasteiger partial charge in [-0.1, -0.05) is 4.49 Å². The van der Waals surface area contributed by atoms with Gasteiger partial charge in [-0.05, 0) is 55.3 Å². The number of benzene rings is 1. The molecule has 1 aromatic carbocycles. The predicted octanol–water partition coefficient (Wildman–Crippen LogP) is 4.18. The van der Waals surface area contributed by atoms with Crippen molar-refractivity contribution in [3.63, 3.8) is 0 Å². The number of nitrogens with one attached hydrogen (secondary N) is 1. The van der Waals surface area contributed by atoms with E-state index in [9.17, 15) is 4.79 Å². The minimum Gasteiger partial charge on any atom is -0.494 e. The Bertz CT molecular complexity index is 1330. The molecule has 0 bridgehead atoms. The minimum absolute atomic E-state index is 0.0827. The van der Waals surface area contributed by atoms with Crippen LogP contribution in [-0.2, 0) is 17.6 Å². The fourth-order valence-corrected chi connectivity index (χ4v) is 6.66. The molecule has 1 aliphatic carbocycles. The Hall–Kier alpha value is -2.85. The number of aromatic nitrogens is 4. The first kappa shape index (κ1) is 19.8. The molecule has 32 heavy (non-hydrogen) atoms. The lowest BCUT2D eigenvalue weighted by atomic mass is 9.87. The zero-order valence-electron chi connectivity index (χ0n) is 17.6. The van der Waals surface area contributed by atoms with Crippen molar-refractivity contribution in [3.8, 4) is 5.75 Å². The summed E-state index contributed by atoms with van der Waals surface area (Å²) in [6.07, 6.45) is 6.40. The second kappa shape index (κ2) is 7.93. The molecular weight excluding hydrogens is 444 g/mol. The van der Waals surface area contributed by atoms with Crippen molar-refractivity contribution in [2.24, 2.45) is 5.92 Å². The molecule has 0 saturated carbocycles. The highest BCUT2D eigenvalue weighted by molar-refractivity contribution is 7.19. The van der Waals surface area contributed by atoms with Crippen LogP contribution in [0, 0.1) is 5.92 Å². The summed E-state index contributed by atoms with van der Waals surface area (Å²) in [5.41, 5.74) is 2.91. The third-order valence-electron chi connectivity index (χ3n) is 6.43. The van der Waals surface area contributed by atoms with Crippen molar-refractivity contribution in [3.05, 3.63) is 28.9 Å². The minimum atomic E-state index is 0.0827. The zero-order chi connectivity index (χ0) is 21.7. The molecule has 0 unspecified atom stereocenters. The lowest BCUT2D eigenvalue weighted by molar-refractivity contribution is -0.134. The van der Waals surface area contributed by atoms with Crippen LogP contribution in [0.4, 0.5) is 11.5 Å². The smallest absolute Gasteiger partial charge is 0.226 e. The van der Waals surface area contributed by atoms with Crippen molar-refractivity contribution >= 4 is 60.7 Å². The maximum absolute atomic E-state index is 13.0. The van der Waals surface area contributed by atoms with E-state index >= 15 is 0 Å². The number of aryl methyl sites for hydroxylation is 1. The van der Waals surface area contributed by atoms with Crippen LogP contribution in [0.3, 0.4) is 0 Å². The number of hydrogen-bond acceptors (Lipinski definition) is 9. The summed E-state index contributed by atoms with van der Waals surface area (Å²) < 4.78 is 10.6. The Morgan fingerprint density at radius 1 is 1.25 bits per heavy atom. The van der Waals surface area contributed by atoms with Gasteiger partial charge >= 0.3 is 0 Å². The molecule has 1 amide bonds. The number of likely N-dealkylation sites (tertiary alicyclic amines) is 1. The number of methoxy groups -OCH3 is 1. The fourth-order valence-electron chi connectivity index (χ4n) is 4.81. The van der Waals surface area contributed by atoms with Gasteiger partial charge in [0.05, 0.1) is 22.9 Å². The van der Waals surface area contributed by atoms with E-state index in [0.29, 0.717) is 11.7 Å². The molecule has 1 fully saturated rings. The van der Waals surface area contributed by atoms with Crippen LogP contribution in [0.5, 0.6) is 5.75 Å². The number of fused-ring (bicyclic) bond motifs is 4. The van der Waals surface area contributed by atoms with E-state index in [0.717, 1.165) is 77.1 Å². The van der Waals surface area contributed by atoms with Crippen LogP contribution in [0.15, 0.2) is 18.5 Å². The SMILES string of the molecule is COc1cc2nnsc2cc1Nc1ncnc2sc3c(c12)CC[C@H](C(=O)N1CCCC1)C3. The Balaban J connectivity index is 1.35.